The Morgan fingerprint density at radius 2 is 1.78 bits per heavy atom. The minimum atomic E-state index is -0.390. The minimum Gasteiger partial charge on any atom is -0.396 e. The van der Waals surface area contributed by atoms with Gasteiger partial charge in [-0.3, -0.25) is 4.79 Å². The summed E-state index contributed by atoms with van der Waals surface area (Å²) in [6.45, 7) is 2.07. The largest absolute Gasteiger partial charge is 0.396 e. The van der Waals surface area contributed by atoms with Crippen LogP contribution in [0.3, 0.4) is 0 Å². The number of benzene rings is 1. The van der Waals surface area contributed by atoms with Gasteiger partial charge in [-0.1, -0.05) is 25.0 Å². The molecule has 4 heteroatoms. The fraction of sp³-hybridized carbons (Fsp3) is 0.500. The summed E-state index contributed by atoms with van der Waals surface area (Å²) in [7, 11) is 0. The maximum Gasteiger partial charge on any atom is 0.248 e. The normalized spacial score (nSPS) is 10.5. The van der Waals surface area contributed by atoms with E-state index < -0.39 is 5.91 Å². The number of nitrogens with one attached hydrogen (secondary N) is 1. The predicted molar refractivity (Wildman–Crippen MR) is 72.2 cm³/mol. The number of hydrogen-bond donors (Lipinski definition) is 3. The van der Waals surface area contributed by atoms with Gasteiger partial charge in [0.1, 0.15) is 0 Å². The van der Waals surface area contributed by atoms with Crippen molar-refractivity contribution in [2.75, 3.05) is 13.2 Å². The van der Waals surface area contributed by atoms with Crippen LogP contribution < -0.4 is 11.1 Å². The lowest BCUT2D eigenvalue weighted by Gasteiger charge is -2.05. The van der Waals surface area contributed by atoms with E-state index in [0.29, 0.717) is 12.2 Å². The zero-order chi connectivity index (χ0) is 13.2. The second-order valence-corrected chi connectivity index (χ2v) is 4.38. The van der Waals surface area contributed by atoms with E-state index in [4.69, 9.17) is 10.8 Å². The summed E-state index contributed by atoms with van der Waals surface area (Å²) >= 11 is 0. The van der Waals surface area contributed by atoms with Crippen molar-refractivity contribution in [3.8, 4) is 0 Å². The molecule has 1 rings (SSSR count). The topological polar surface area (TPSA) is 75.4 Å². The van der Waals surface area contributed by atoms with Gasteiger partial charge in [-0.25, -0.2) is 0 Å². The van der Waals surface area contributed by atoms with Gasteiger partial charge in [0.2, 0.25) is 5.91 Å². The Balaban J connectivity index is 2.14. The molecule has 0 bridgehead atoms. The van der Waals surface area contributed by atoms with Crippen LogP contribution >= 0.6 is 0 Å². The quantitative estimate of drug-likeness (QED) is 0.580. The molecule has 1 amide bonds. The second-order valence-electron chi connectivity index (χ2n) is 4.38. The van der Waals surface area contributed by atoms with E-state index in [-0.39, 0.29) is 0 Å². The van der Waals surface area contributed by atoms with Crippen molar-refractivity contribution < 1.29 is 9.90 Å². The number of rotatable bonds is 9. The lowest BCUT2D eigenvalue weighted by Crippen LogP contribution is -2.15. The van der Waals surface area contributed by atoms with E-state index >= 15 is 0 Å². The Hall–Kier alpha value is -1.39. The Kier molecular flexibility index (Phi) is 7.06. The summed E-state index contributed by atoms with van der Waals surface area (Å²) in [5.41, 5.74) is 6.86. The highest BCUT2D eigenvalue weighted by Gasteiger charge is 1.99. The molecule has 1 aromatic rings. The Labute approximate surface area is 108 Å². The van der Waals surface area contributed by atoms with E-state index in [1.165, 1.54) is 0 Å². The van der Waals surface area contributed by atoms with Crippen LogP contribution in [0.25, 0.3) is 0 Å². The molecule has 4 N–H and O–H groups in total. The number of aliphatic hydroxyl groups excluding tert-OH is 1. The average Bonchev–Trinajstić information content (AvgIpc) is 2.38. The molecule has 0 aliphatic carbocycles. The van der Waals surface area contributed by atoms with Gasteiger partial charge in [-0.15, -0.1) is 0 Å². The van der Waals surface area contributed by atoms with Gasteiger partial charge in [0.15, 0.2) is 0 Å². The molecule has 0 saturated heterocycles. The highest BCUT2D eigenvalue weighted by Crippen LogP contribution is 2.04. The second kappa shape index (κ2) is 8.66. The first-order valence-electron chi connectivity index (χ1n) is 6.44. The maximum atomic E-state index is 10.9. The Morgan fingerprint density at radius 1 is 1.11 bits per heavy atom. The molecule has 1 aromatic carbocycles. The zero-order valence-electron chi connectivity index (χ0n) is 10.7. The van der Waals surface area contributed by atoms with E-state index in [0.717, 1.165) is 44.3 Å². The highest BCUT2D eigenvalue weighted by molar-refractivity contribution is 5.92. The zero-order valence-corrected chi connectivity index (χ0v) is 10.7. The van der Waals surface area contributed by atoms with Crippen LogP contribution in [0.4, 0.5) is 0 Å². The van der Waals surface area contributed by atoms with Gasteiger partial charge >= 0.3 is 0 Å². The average molecular weight is 250 g/mol. The number of aliphatic hydroxyl groups is 1. The van der Waals surface area contributed by atoms with Crippen molar-refractivity contribution in [3.05, 3.63) is 35.4 Å². The Morgan fingerprint density at radius 3 is 2.39 bits per heavy atom. The summed E-state index contributed by atoms with van der Waals surface area (Å²) in [4.78, 5) is 10.9. The molecular formula is C14H22N2O2. The molecule has 0 spiro atoms. The monoisotopic (exact) mass is 250 g/mol. The third-order valence-electron chi connectivity index (χ3n) is 2.83. The smallest absolute Gasteiger partial charge is 0.248 e. The van der Waals surface area contributed by atoms with Crippen LogP contribution in [-0.4, -0.2) is 24.2 Å². The van der Waals surface area contributed by atoms with Crippen LogP contribution in [0, 0.1) is 0 Å². The van der Waals surface area contributed by atoms with Crippen molar-refractivity contribution in [1.29, 1.82) is 0 Å². The van der Waals surface area contributed by atoms with E-state index in [2.05, 4.69) is 5.32 Å². The lowest BCUT2D eigenvalue weighted by molar-refractivity contribution is 0.100. The number of carbonyl (C=O) groups is 1. The van der Waals surface area contributed by atoms with Crippen molar-refractivity contribution in [2.45, 2.75) is 32.2 Å². The molecule has 0 radical (unpaired) electrons. The van der Waals surface area contributed by atoms with Gasteiger partial charge in [0, 0.05) is 18.7 Å². The van der Waals surface area contributed by atoms with Crippen molar-refractivity contribution in [1.82, 2.24) is 5.32 Å². The van der Waals surface area contributed by atoms with Gasteiger partial charge in [-0.2, -0.15) is 0 Å². The predicted octanol–water partition coefficient (Wildman–Crippen LogP) is 1.43. The van der Waals surface area contributed by atoms with Gasteiger partial charge in [-0.05, 0) is 37.1 Å². The van der Waals surface area contributed by atoms with Crippen molar-refractivity contribution in [3.63, 3.8) is 0 Å². The van der Waals surface area contributed by atoms with Crippen LogP contribution in [0.2, 0.25) is 0 Å². The van der Waals surface area contributed by atoms with Crippen molar-refractivity contribution in [2.24, 2.45) is 5.73 Å². The summed E-state index contributed by atoms with van der Waals surface area (Å²) in [5.74, 6) is -0.390. The molecule has 0 unspecified atom stereocenters. The van der Waals surface area contributed by atoms with Gasteiger partial charge < -0.3 is 16.2 Å². The molecule has 0 fully saturated rings. The number of nitrogens with two attached hydrogens (primary N) is 1. The minimum absolute atomic E-state index is 0.291. The van der Waals surface area contributed by atoms with Gasteiger partial charge in [0.25, 0.3) is 0 Å². The molecular weight excluding hydrogens is 228 g/mol. The first-order valence-corrected chi connectivity index (χ1v) is 6.44. The molecule has 0 atom stereocenters. The number of unbranched alkanes of at least 4 members (excludes halogenated alkanes) is 3. The summed E-state index contributed by atoms with van der Waals surface area (Å²) < 4.78 is 0. The molecule has 18 heavy (non-hydrogen) atoms. The van der Waals surface area contributed by atoms with Crippen LogP contribution in [0.15, 0.2) is 24.3 Å². The molecule has 0 aliphatic rings. The first-order chi connectivity index (χ1) is 8.74. The molecule has 100 valence electrons. The number of hydrogen-bond acceptors (Lipinski definition) is 3. The highest BCUT2D eigenvalue weighted by atomic mass is 16.2. The first kappa shape index (κ1) is 14.7. The molecule has 0 heterocycles. The van der Waals surface area contributed by atoms with Crippen LogP contribution in [-0.2, 0) is 6.54 Å². The van der Waals surface area contributed by atoms with Gasteiger partial charge in [0.05, 0.1) is 0 Å². The molecule has 0 saturated carbocycles. The lowest BCUT2D eigenvalue weighted by atomic mass is 10.1. The summed E-state index contributed by atoms with van der Waals surface area (Å²) in [6, 6.07) is 7.33. The third-order valence-corrected chi connectivity index (χ3v) is 2.83. The van der Waals surface area contributed by atoms with Crippen LogP contribution in [0.1, 0.15) is 41.6 Å². The number of amides is 1. The fourth-order valence-electron chi connectivity index (χ4n) is 1.73. The number of carbonyl (C=O) groups excluding carboxylic acids is 1. The molecule has 0 aliphatic heterocycles. The van der Waals surface area contributed by atoms with E-state index in [1.807, 2.05) is 12.1 Å². The van der Waals surface area contributed by atoms with E-state index in [1.54, 1.807) is 12.1 Å². The summed E-state index contributed by atoms with van der Waals surface area (Å²) in [6.07, 6.45) is 4.26. The Bertz CT molecular complexity index is 349. The maximum absolute atomic E-state index is 10.9. The SMILES string of the molecule is NC(=O)c1ccc(CNCCCCCCO)cc1. The standard InChI is InChI=1S/C14H22N2O2/c15-14(18)13-7-5-12(6-8-13)11-16-9-3-1-2-4-10-17/h5-8,16-17H,1-4,9-11H2,(H2,15,18). The van der Waals surface area contributed by atoms with Crippen LogP contribution in [0.5, 0.6) is 0 Å². The number of primary amides is 1. The molecule has 4 nitrogen and oxygen atoms in total. The van der Waals surface area contributed by atoms with E-state index in [9.17, 15) is 4.79 Å². The fourth-order valence-corrected chi connectivity index (χ4v) is 1.73. The summed E-state index contributed by atoms with van der Waals surface area (Å²) in [5, 5.41) is 12.0. The van der Waals surface area contributed by atoms with Crippen molar-refractivity contribution >= 4 is 5.91 Å². The molecule has 0 aromatic heterocycles. The third kappa shape index (κ3) is 5.80.